The maximum atomic E-state index is 12.2. The van der Waals surface area contributed by atoms with Gasteiger partial charge in [0.2, 0.25) is 5.91 Å². The molecule has 3 heteroatoms. The average molecular weight is 258 g/mol. The molecule has 1 aromatic rings. The van der Waals surface area contributed by atoms with Gasteiger partial charge in [-0.05, 0) is 31.0 Å². The van der Waals surface area contributed by atoms with E-state index in [9.17, 15) is 4.79 Å². The second-order valence-electron chi connectivity index (χ2n) is 5.25. The highest BCUT2D eigenvalue weighted by Crippen LogP contribution is 2.24. The van der Waals surface area contributed by atoms with Gasteiger partial charge in [0.1, 0.15) is 0 Å². The van der Waals surface area contributed by atoms with Crippen LogP contribution in [0.25, 0.3) is 0 Å². The number of rotatable bonds is 3. The molecule has 0 aliphatic carbocycles. The van der Waals surface area contributed by atoms with Crippen LogP contribution in [-0.4, -0.2) is 12.5 Å². The molecule has 0 unspecified atom stereocenters. The molecule has 1 amide bonds. The summed E-state index contributed by atoms with van der Waals surface area (Å²) in [6, 6.07) is 5.82. The van der Waals surface area contributed by atoms with E-state index in [1.54, 1.807) is 0 Å². The Bertz CT molecular complexity index is 521. The summed E-state index contributed by atoms with van der Waals surface area (Å²) in [6.07, 6.45) is 0.786. The molecule has 1 rings (SSSR count). The Morgan fingerprint density at radius 3 is 2.68 bits per heavy atom. The fourth-order valence-electron chi connectivity index (χ4n) is 1.47. The van der Waals surface area contributed by atoms with E-state index < -0.39 is 0 Å². The highest BCUT2D eigenvalue weighted by molar-refractivity contribution is 5.96. The summed E-state index contributed by atoms with van der Waals surface area (Å²) < 4.78 is 0. The van der Waals surface area contributed by atoms with Crippen molar-refractivity contribution in [3.8, 4) is 11.8 Å². The SMILES string of the molecule is CCC(C)(C)C(=O)Nc1cc(C)ccc1C#CCN. The van der Waals surface area contributed by atoms with Gasteiger partial charge < -0.3 is 11.1 Å². The van der Waals surface area contributed by atoms with Crippen molar-refractivity contribution in [2.24, 2.45) is 11.1 Å². The molecule has 0 fully saturated rings. The maximum Gasteiger partial charge on any atom is 0.230 e. The molecule has 0 spiro atoms. The highest BCUT2D eigenvalue weighted by Gasteiger charge is 2.25. The summed E-state index contributed by atoms with van der Waals surface area (Å²) in [7, 11) is 0. The van der Waals surface area contributed by atoms with Crippen LogP contribution in [0.5, 0.6) is 0 Å². The van der Waals surface area contributed by atoms with Crippen molar-refractivity contribution in [2.75, 3.05) is 11.9 Å². The zero-order chi connectivity index (χ0) is 14.5. The third kappa shape index (κ3) is 4.11. The van der Waals surface area contributed by atoms with Crippen molar-refractivity contribution in [3.63, 3.8) is 0 Å². The predicted octanol–water partition coefficient (Wildman–Crippen LogP) is 2.68. The van der Waals surface area contributed by atoms with E-state index in [0.717, 1.165) is 23.2 Å². The van der Waals surface area contributed by atoms with E-state index in [0.29, 0.717) is 6.54 Å². The second-order valence-corrected chi connectivity index (χ2v) is 5.25. The topological polar surface area (TPSA) is 55.1 Å². The van der Waals surface area contributed by atoms with E-state index in [2.05, 4.69) is 17.2 Å². The number of anilines is 1. The third-order valence-corrected chi connectivity index (χ3v) is 3.25. The lowest BCUT2D eigenvalue weighted by Gasteiger charge is -2.22. The molecule has 0 heterocycles. The first-order valence-corrected chi connectivity index (χ1v) is 6.51. The molecule has 0 aliphatic rings. The number of nitrogens with one attached hydrogen (secondary N) is 1. The number of carbonyl (C=O) groups is 1. The van der Waals surface area contributed by atoms with Crippen LogP contribution in [0.15, 0.2) is 18.2 Å². The quantitative estimate of drug-likeness (QED) is 0.819. The summed E-state index contributed by atoms with van der Waals surface area (Å²) in [5, 5.41) is 2.97. The lowest BCUT2D eigenvalue weighted by Crippen LogP contribution is -2.30. The highest BCUT2D eigenvalue weighted by atomic mass is 16.2. The van der Waals surface area contributed by atoms with Crippen LogP contribution >= 0.6 is 0 Å². The number of hydrogen-bond acceptors (Lipinski definition) is 2. The molecule has 0 saturated carbocycles. The van der Waals surface area contributed by atoms with Gasteiger partial charge in [0, 0.05) is 11.0 Å². The number of amides is 1. The number of benzene rings is 1. The molecule has 1 aromatic carbocycles. The Balaban J connectivity index is 3.06. The standard InChI is InChI=1S/C16H22N2O/c1-5-16(3,4)15(19)18-14-11-12(2)8-9-13(14)7-6-10-17/h8-9,11H,5,10,17H2,1-4H3,(H,18,19). The largest absolute Gasteiger partial charge is 0.324 e. The minimum absolute atomic E-state index is 0.0106. The summed E-state index contributed by atoms with van der Waals surface area (Å²) in [4.78, 5) is 12.2. The Labute approximate surface area is 115 Å². The minimum atomic E-state index is -0.387. The zero-order valence-electron chi connectivity index (χ0n) is 12.1. The van der Waals surface area contributed by atoms with E-state index in [4.69, 9.17) is 5.73 Å². The molecular formula is C16H22N2O. The Morgan fingerprint density at radius 2 is 2.11 bits per heavy atom. The fraction of sp³-hybridized carbons (Fsp3) is 0.438. The first kappa shape index (κ1) is 15.3. The van der Waals surface area contributed by atoms with Crippen LogP contribution in [-0.2, 0) is 4.79 Å². The molecule has 19 heavy (non-hydrogen) atoms. The van der Waals surface area contributed by atoms with Crippen LogP contribution in [0.4, 0.5) is 5.69 Å². The number of hydrogen-bond donors (Lipinski definition) is 2. The van der Waals surface area contributed by atoms with E-state index in [-0.39, 0.29) is 11.3 Å². The first-order chi connectivity index (χ1) is 8.90. The minimum Gasteiger partial charge on any atom is -0.324 e. The number of nitrogens with two attached hydrogens (primary N) is 1. The van der Waals surface area contributed by atoms with Crippen molar-refractivity contribution in [1.29, 1.82) is 0 Å². The maximum absolute atomic E-state index is 12.2. The van der Waals surface area contributed by atoms with Gasteiger partial charge in [-0.1, -0.05) is 38.7 Å². The second kappa shape index (κ2) is 6.40. The zero-order valence-corrected chi connectivity index (χ0v) is 12.1. The molecule has 0 bridgehead atoms. The normalized spacial score (nSPS) is 10.6. The summed E-state index contributed by atoms with van der Waals surface area (Å²) in [6.45, 7) is 8.17. The van der Waals surface area contributed by atoms with Crippen molar-refractivity contribution in [2.45, 2.75) is 34.1 Å². The molecule has 3 nitrogen and oxygen atoms in total. The molecule has 3 N–H and O–H groups in total. The summed E-state index contributed by atoms with van der Waals surface area (Å²) in [5.74, 6) is 5.81. The monoisotopic (exact) mass is 258 g/mol. The van der Waals surface area contributed by atoms with Crippen molar-refractivity contribution in [1.82, 2.24) is 0 Å². The van der Waals surface area contributed by atoms with Crippen LogP contribution in [0.2, 0.25) is 0 Å². The Kier molecular flexibility index (Phi) is 5.14. The molecule has 102 valence electrons. The van der Waals surface area contributed by atoms with E-state index >= 15 is 0 Å². The molecule has 0 aromatic heterocycles. The van der Waals surface area contributed by atoms with Crippen molar-refractivity contribution < 1.29 is 4.79 Å². The van der Waals surface area contributed by atoms with Crippen LogP contribution in [0.1, 0.15) is 38.3 Å². The fourth-order valence-corrected chi connectivity index (χ4v) is 1.47. The Hall–Kier alpha value is -1.79. The Morgan fingerprint density at radius 1 is 1.42 bits per heavy atom. The average Bonchev–Trinajstić information content (AvgIpc) is 2.37. The van der Waals surface area contributed by atoms with Crippen LogP contribution < -0.4 is 11.1 Å². The number of aryl methyl sites for hydroxylation is 1. The molecule has 0 saturated heterocycles. The van der Waals surface area contributed by atoms with Gasteiger partial charge in [0.15, 0.2) is 0 Å². The molecule has 0 aliphatic heterocycles. The third-order valence-electron chi connectivity index (χ3n) is 3.25. The lowest BCUT2D eigenvalue weighted by molar-refractivity contribution is -0.124. The summed E-state index contributed by atoms with van der Waals surface area (Å²) >= 11 is 0. The van der Waals surface area contributed by atoms with Gasteiger partial charge in [0.25, 0.3) is 0 Å². The van der Waals surface area contributed by atoms with Gasteiger partial charge in [-0.25, -0.2) is 0 Å². The van der Waals surface area contributed by atoms with Crippen molar-refractivity contribution in [3.05, 3.63) is 29.3 Å². The smallest absolute Gasteiger partial charge is 0.230 e. The van der Waals surface area contributed by atoms with Gasteiger partial charge in [-0.3, -0.25) is 4.79 Å². The molecular weight excluding hydrogens is 236 g/mol. The van der Waals surface area contributed by atoms with Gasteiger partial charge in [-0.15, -0.1) is 0 Å². The van der Waals surface area contributed by atoms with E-state index in [1.165, 1.54) is 0 Å². The number of carbonyl (C=O) groups excluding carboxylic acids is 1. The van der Waals surface area contributed by atoms with Crippen LogP contribution in [0.3, 0.4) is 0 Å². The van der Waals surface area contributed by atoms with Gasteiger partial charge in [-0.2, -0.15) is 0 Å². The molecule has 0 radical (unpaired) electrons. The summed E-state index contributed by atoms with van der Waals surface area (Å²) in [5.41, 5.74) is 7.65. The van der Waals surface area contributed by atoms with Crippen LogP contribution in [0, 0.1) is 24.2 Å². The lowest BCUT2D eigenvalue weighted by atomic mass is 9.89. The van der Waals surface area contributed by atoms with Gasteiger partial charge in [0.05, 0.1) is 12.2 Å². The molecule has 0 atom stereocenters. The predicted molar refractivity (Wildman–Crippen MR) is 79.8 cm³/mol. The first-order valence-electron chi connectivity index (χ1n) is 6.51. The van der Waals surface area contributed by atoms with Crippen molar-refractivity contribution >= 4 is 11.6 Å². The van der Waals surface area contributed by atoms with Gasteiger partial charge >= 0.3 is 0 Å². The van der Waals surface area contributed by atoms with E-state index in [1.807, 2.05) is 45.9 Å².